The normalized spacial score (nSPS) is 14.2. The fourth-order valence-corrected chi connectivity index (χ4v) is 5.79. The van der Waals surface area contributed by atoms with Gasteiger partial charge in [-0.2, -0.15) is 4.98 Å². The van der Waals surface area contributed by atoms with Crippen LogP contribution in [0.2, 0.25) is 5.02 Å². The van der Waals surface area contributed by atoms with Gasteiger partial charge in [0.05, 0.1) is 6.54 Å². The number of pyridine rings is 1. The van der Waals surface area contributed by atoms with E-state index < -0.39 is 0 Å². The van der Waals surface area contributed by atoms with E-state index in [0.29, 0.717) is 23.2 Å². The minimum absolute atomic E-state index is 0.143. The molecule has 0 aliphatic carbocycles. The quantitative estimate of drug-likeness (QED) is 0.296. The third-order valence-corrected chi connectivity index (χ3v) is 8.19. The molecule has 7 nitrogen and oxygen atoms in total. The topological polar surface area (TPSA) is 66.3 Å². The van der Waals surface area contributed by atoms with Gasteiger partial charge in [-0.3, -0.25) is 9.36 Å². The van der Waals surface area contributed by atoms with Gasteiger partial charge < -0.3 is 15.1 Å². The summed E-state index contributed by atoms with van der Waals surface area (Å²) >= 11 is 8.30. The summed E-state index contributed by atoms with van der Waals surface area (Å²) in [5.41, 5.74) is 4.41. The monoisotopic (exact) mass is 542 g/mol. The molecule has 3 aromatic heterocycles. The molecule has 1 aliphatic rings. The Kier molecular flexibility index (Phi) is 6.84. The largest absolute Gasteiger partial charge is 0.369 e. The molecule has 0 radical (unpaired) electrons. The van der Waals surface area contributed by atoms with Gasteiger partial charge in [0.15, 0.2) is 0 Å². The second kappa shape index (κ2) is 10.6. The van der Waals surface area contributed by atoms with Crippen LogP contribution in [0.5, 0.6) is 0 Å². The smallest absolute Gasteiger partial charge is 0.252 e. The zero-order valence-corrected chi connectivity index (χ0v) is 22.5. The molecule has 0 unspecified atom stereocenters. The highest BCUT2D eigenvalue weighted by molar-refractivity contribution is 7.13. The van der Waals surface area contributed by atoms with E-state index in [9.17, 15) is 4.79 Å². The lowest BCUT2D eigenvalue weighted by Gasteiger charge is -2.34. The fourth-order valence-electron chi connectivity index (χ4n) is 4.77. The van der Waals surface area contributed by atoms with Gasteiger partial charge in [-0.1, -0.05) is 29.8 Å². The Hall–Kier alpha value is -3.72. The molecular formula is C29H27ClN6OS. The third-order valence-electron chi connectivity index (χ3n) is 6.94. The first-order valence-corrected chi connectivity index (χ1v) is 13.8. The average Bonchev–Trinajstić information content (AvgIpc) is 3.47. The number of likely N-dealkylation sites (N-methyl/N-ethyl adjacent to an activating group) is 1. The van der Waals surface area contributed by atoms with E-state index >= 15 is 0 Å². The van der Waals surface area contributed by atoms with Crippen molar-refractivity contribution in [2.24, 2.45) is 0 Å². The highest BCUT2D eigenvalue weighted by atomic mass is 35.5. The number of hydrogen-bond donors (Lipinski definition) is 1. The molecule has 2 aromatic carbocycles. The van der Waals surface area contributed by atoms with Crippen molar-refractivity contribution < 1.29 is 0 Å². The molecule has 9 heteroatoms. The van der Waals surface area contributed by atoms with Crippen LogP contribution in [0.1, 0.15) is 5.56 Å². The standard InChI is InChI=1S/C29H27ClN6OS/c1-34-13-15-35(16-14-34)22-10-8-21(9-11-22)32-29-31-18-20-7-12-27(37)36(28(20)33-29)19-24-23(4-2-5-25(24)30)26-6-3-17-38-26/h2-12,17-18H,13-16,19H2,1H3,(H,31,32,33). The van der Waals surface area contributed by atoms with Gasteiger partial charge in [-0.05, 0) is 66.0 Å². The lowest BCUT2D eigenvalue weighted by Crippen LogP contribution is -2.44. The Balaban J connectivity index is 1.30. The second-order valence-electron chi connectivity index (χ2n) is 9.44. The van der Waals surface area contributed by atoms with Crippen molar-refractivity contribution in [2.75, 3.05) is 43.4 Å². The number of nitrogens with zero attached hydrogens (tertiary/aromatic N) is 5. The van der Waals surface area contributed by atoms with E-state index in [0.717, 1.165) is 53.3 Å². The van der Waals surface area contributed by atoms with E-state index in [2.05, 4.69) is 45.3 Å². The number of hydrogen-bond acceptors (Lipinski definition) is 7. The molecule has 0 spiro atoms. The van der Waals surface area contributed by atoms with Crippen molar-refractivity contribution in [1.82, 2.24) is 19.4 Å². The van der Waals surface area contributed by atoms with Crippen molar-refractivity contribution in [1.29, 1.82) is 0 Å². The first kappa shape index (κ1) is 24.6. The van der Waals surface area contributed by atoms with Crippen LogP contribution in [-0.2, 0) is 6.54 Å². The number of fused-ring (bicyclic) bond motifs is 1. The number of anilines is 3. The Morgan fingerprint density at radius 1 is 0.974 bits per heavy atom. The van der Waals surface area contributed by atoms with Crippen LogP contribution < -0.4 is 15.8 Å². The number of halogens is 1. The lowest BCUT2D eigenvalue weighted by molar-refractivity contribution is 0.313. The van der Waals surface area contributed by atoms with Crippen LogP contribution in [0.25, 0.3) is 21.5 Å². The number of benzene rings is 2. The Bertz CT molecular complexity index is 1630. The molecule has 0 amide bonds. The first-order valence-electron chi connectivity index (χ1n) is 12.5. The molecule has 38 heavy (non-hydrogen) atoms. The number of aromatic nitrogens is 3. The first-order chi connectivity index (χ1) is 18.5. The molecule has 0 saturated carbocycles. The molecule has 5 aromatic rings. The summed E-state index contributed by atoms with van der Waals surface area (Å²) in [5, 5.41) is 6.74. The van der Waals surface area contributed by atoms with Gasteiger partial charge in [0.1, 0.15) is 5.65 Å². The van der Waals surface area contributed by atoms with Gasteiger partial charge in [0.25, 0.3) is 5.56 Å². The van der Waals surface area contributed by atoms with E-state index in [4.69, 9.17) is 16.6 Å². The van der Waals surface area contributed by atoms with E-state index in [1.165, 1.54) is 5.69 Å². The van der Waals surface area contributed by atoms with Crippen LogP contribution in [0.15, 0.2) is 83.1 Å². The summed E-state index contributed by atoms with van der Waals surface area (Å²) in [6, 6.07) is 21.5. The van der Waals surface area contributed by atoms with E-state index in [1.54, 1.807) is 34.2 Å². The Labute approximate surface area is 230 Å². The summed E-state index contributed by atoms with van der Waals surface area (Å²) in [5.74, 6) is 0.432. The van der Waals surface area contributed by atoms with Gasteiger partial charge >= 0.3 is 0 Å². The summed E-state index contributed by atoms with van der Waals surface area (Å²) in [7, 11) is 2.16. The van der Waals surface area contributed by atoms with E-state index in [-0.39, 0.29) is 5.56 Å². The average molecular weight is 543 g/mol. The molecule has 4 heterocycles. The maximum atomic E-state index is 13.1. The molecule has 1 saturated heterocycles. The van der Waals surface area contributed by atoms with Crippen LogP contribution in [0.4, 0.5) is 17.3 Å². The zero-order chi connectivity index (χ0) is 26.1. The number of nitrogens with one attached hydrogen (secondary N) is 1. The summed E-state index contributed by atoms with van der Waals surface area (Å²) in [6.45, 7) is 4.48. The predicted molar refractivity (Wildman–Crippen MR) is 157 cm³/mol. The van der Waals surface area contributed by atoms with Crippen molar-refractivity contribution in [2.45, 2.75) is 6.54 Å². The Morgan fingerprint density at radius 3 is 2.55 bits per heavy atom. The summed E-state index contributed by atoms with van der Waals surface area (Å²) in [6.07, 6.45) is 1.74. The summed E-state index contributed by atoms with van der Waals surface area (Å²) < 4.78 is 1.66. The maximum absolute atomic E-state index is 13.1. The highest BCUT2D eigenvalue weighted by Gasteiger charge is 2.16. The van der Waals surface area contributed by atoms with Crippen molar-refractivity contribution in [3.63, 3.8) is 0 Å². The van der Waals surface area contributed by atoms with Gasteiger partial charge in [0.2, 0.25) is 5.95 Å². The van der Waals surface area contributed by atoms with Crippen LogP contribution in [0.3, 0.4) is 0 Å². The van der Waals surface area contributed by atoms with Crippen molar-refractivity contribution >= 4 is 51.3 Å². The van der Waals surface area contributed by atoms with Crippen LogP contribution in [-0.4, -0.2) is 52.7 Å². The molecule has 192 valence electrons. The van der Waals surface area contributed by atoms with Gasteiger partial charge in [-0.25, -0.2) is 4.98 Å². The van der Waals surface area contributed by atoms with E-state index in [1.807, 2.05) is 41.8 Å². The third kappa shape index (κ3) is 5.03. The zero-order valence-electron chi connectivity index (χ0n) is 21.0. The molecule has 1 fully saturated rings. The lowest BCUT2D eigenvalue weighted by atomic mass is 10.1. The molecule has 0 bridgehead atoms. The van der Waals surface area contributed by atoms with Crippen LogP contribution in [0, 0.1) is 0 Å². The van der Waals surface area contributed by atoms with Crippen molar-refractivity contribution in [3.05, 3.63) is 99.2 Å². The molecular weight excluding hydrogens is 516 g/mol. The molecule has 6 rings (SSSR count). The SMILES string of the molecule is CN1CCN(c2ccc(Nc3ncc4ccc(=O)n(Cc5c(Cl)cccc5-c5cccs5)c4n3)cc2)CC1. The Morgan fingerprint density at radius 2 is 1.79 bits per heavy atom. The minimum Gasteiger partial charge on any atom is -0.369 e. The molecule has 0 atom stereocenters. The van der Waals surface area contributed by atoms with Crippen LogP contribution >= 0.6 is 22.9 Å². The maximum Gasteiger partial charge on any atom is 0.252 e. The molecule has 1 N–H and O–H groups in total. The predicted octanol–water partition coefficient (Wildman–Crippen LogP) is 5.72. The second-order valence-corrected chi connectivity index (χ2v) is 10.8. The van der Waals surface area contributed by atoms with Crippen molar-refractivity contribution in [3.8, 4) is 10.4 Å². The van der Waals surface area contributed by atoms with Gasteiger partial charge in [-0.15, -0.1) is 11.3 Å². The number of rotatable bonds is 6. The molecule has 1 aliphatic heterocycles. The fraction of sp³-hybridized carbons (Fsp3) is 0.207. The highest BCUT2D eigenvalue weighted by Crippen LogP contribution is 2.33. The summed E-state index contributed by atoms with van der Waals surface area (Å²) in [4.78, 5) is 28.2. The van der Waals surface area contributed by atoms with Gasteiger partial charge in [0, 0.05) is 65.1 Å². The number of thiophene rings is 1. The number of piperazine rings is 1. The minimum atomic E-state index is -0.143.